The van der Waals surface area contributed by atoms with Gasteiger partial charge in [-0.1, -0.05) is 11.6 Å². The van der Waals surface area contributed by atoms with Gasteiger partial charge in [-0.15, -0.1) is 0 Å². The van der Waals surface area contributed by atoms with E-state index in [9.17, 15) is 4.79 Å². The molecule has 1 aliphatic rings. The summed E-state index contributed by atoms with van der Waals surface area (Å²) in [6.07, 6.45) is 0.415. The number of nitrogens with one attached hydrogen (secondary N) is 2. The summed E-state index contributed by atoms with van der Waals surface area (Å²) in [5.74, 6) is -0.0155. The standard InChI is InChI=1S/C12H14ClIN2O2/c13-8-1-2-11(10(14)5-8)16-12(17)6-9-7-18-4-3-15-9/h1-2,5,9,15H,3-4,6-7H2,(H,16,17). The highest BCUT2D eigenvalue weighted by atomic mass is 127. The van der Waals surface area contributed by atoms with Gasteiger partial charge in [-0.05, 0) is 40.8 Å². The molecule has 1 aromatic carbocycles. The molecule has 2 rings (SSSR count). The molecule has 1 saturated heterocycles. The first-order valence-corrected chi connectivity index (χ1v) is 7.17. The van der Waals surface area contributed by atoms with Crippen LogP contribution in [0.1, 0.15) is 6.42 Å². The Balaban J connectivity index is 1.90. The van der Waals surface area contributed by atoms with E-state index in [1.54, 1.807) is 6.07 Å². The summed E-state index contributed by atoms with van der Waals surface area (Å²) in [6.45, 7) is 2.11. The van der Waals surface area contributed by atoms with Crippen LogP contribution >= 0.6 is 34.2 Å². The number of anilines is 1. The molecule has 1 fully saturated rings. The number of morpholine rings is 1. The second-order valence-electron chi connectivity index (χ2n) is 4.10. The van der Waals surface area contributed by atoms with Crippen LogP contribution < -0.4 is 10.6 Å². The second kappa shape index (κ2) is 6.70. The number of amides is 1. The maximum atomic E-state index is 11.9. The van der Waals surface area contributed by atoms with Gasteiger partial charge >= 0.3 is 0 Å². The van der Waals surface area contributed by atoms with Crippen molar-refractivity contribution in [1.29, 1.82) is 0 Å². The fraction of sp³-hybridized carbons (Fsp3) is 0.417. The minimum Gasteiger partial charge on any atom is -0.378 e. The first-order chi connectivity index (χ1) is 8.65. The van der Waals surface area contributed by atoms with Gasteiger partial charge in [0.05, 0.1) is 18.9 Å². The molecule has 0 spiro atoms. The Labute approximate surface area is 125 Å². The molecule has 1 unspecified atom stereocenters. The Morgan fingerprint density at radius 3 is 3.11 bits per heavy atom. The first kappa shape index (κ1) is 14.0. The molecule has 0 bridgehead atoms. The molecule has 0 aromatic heterocycles. The lowest BCUT2D eigenvalue weighted by atomic mass is 10.2. The zero-order chi connectivity index (χ0) is 13.0. The fourth-order valence-corrected chi connectivity index (χ4v) is 2.77. The fourth-order valence-electron chi connectivity index (χ4n) is 1.77. The lowest BCUT2D eigenvalue weighted by Gasteiger charge is -2.23. The van der Waals surface area contributed by atoms with Gasteiger partial charge in [0.1, 0.15) is 0 Å². The van der Waals surface area contributed by atoms with E-state index in [0.717, 1.165) is 15.8 Å². The molecule has 1 heterocycles. The highest BCUT2D eigenvalue weighted by Crippen LogP contribution is 2.22. The van der Waals surface area contributed by atoms with E-state index in [2.05, 4.69) is 33.2 Å². The van der Waals surface area contributed by atoms with Crippen molar-refractivity contribution in [2.45, 2.75) is 12.5 Å². The topological polar surface area (TPSA) is 50.4 Å². The second-order valence-corrected chi connectivity index (χ2v) is 5.70. The van der Waals surface area contributed by atoms with Crippen molar-refractivity contribution in [2.75, 3.05) is 25.1 Å². The van der Waals surface area contributed by atoms with Gasteiger partial charge in [0.2, 0.25) is 5.91 Å². The van der Waals surface area contributed by atoms with E-state index in [1.807, 2.05) is 12.1 Å². The monoisotopic (exact) mass is 380 g/mol. The lowest BCUT2D eigenvalue weighted by molar-refractivity contribution is -0.117. The SMILES string of the molecule is O=C(CC1COCCN1)Nc1ccc(Cl)cc1I. The zero-order valence-corrected chi connectivity index (χ0v) is 12.6. The largest absolute Gasteiger partial charge is 0.378 e. The molecule has 4 nitrogen and oxygen atoms in total. The highest BCUT2D eigenvalue weighted by Gasteiger charge is 2.17. The summed E-state index contributed by atoms with van der Waals surface area (Å²) in [4.78, 5) is 11.9. The summed E-state index contributed by atoms with van der Waals surface area (Å²) < 4.78 is 6.24. The molecule has 0 radical (unpaired) electrons. The van der Waals surface area contributed by atoms with Crippen molar-refractivity contribution in [1.82, 2.24) is 5.32 Å². The molecule has 18 heavy (non-hydrogen) atoms. The van der Waals surface area contributed by atoms with E-state index in [1.165, 1.54) is 0 Å². The Kier molecular flexibility index (Phi) is 5.23. The molecule has 1 aromatic rings. The lowest BCUT2D eigenvalue weighted by Crippen LogP contribution is -2.43. The first-order valence-electron chi connectivity index (χ1n) is 5.71. The van der Waals surface area contributed by atoms with Crippen molar-refractivity contribution < 1.29 is 9.53 Å². The van der Waals surface area contributed by atoms with Gasteiger partial charge in [-0.2, -0.15) is 0 Å². The van der Waals surface area contributed by atoms with Crippen LogP contribution in [-0.2, 0) is 9.53 Å². The van der Waals surface area contributed by atoms with Gasteiger partial charge in [0.15, 0.2) is 0 Å². The quantitative estimate of drug-likeness (QED) is 0.791. The summed E-state index contributed by atoms with van der Waals surface area (Å²) in [6, 6.07) is 5.50. The van der Waals surface area contributed by atoms with Gasteiger partial charge in [0.25, 0.3) is 0 Å². The molecule has 6 heteroatoms. The smallest absolute Gasteiger partial charge is 0.226 e. The zero-order valence-electron chi connectivity index (χ0n) is 9.71. The number of hydrogen-bond donors (Lipinski definition) is 2. The number of rotatable bonds is 3. The van der Waals surface area contributed by atoms with Crippen molar-refractivity contribution in [3.05, 3.63) is 26.8 Å². The van der Waals surface area contributed by atoms with Gasteiger partial charge in [-0.25, -0.2) is 0 Å². The van der Waals surface area contributed by atoms with Crippen LogP contribution in [0, 0.1) is 3.57 Å². The van der Waals surface area contributed by atoms with E-state index in [0.29, 0.717) is 24.7 Å². The maximum absolute atomic E-state index is 11.9. The van der Waals surface area contributed by atoms with Crippen LogP contribution in [0.15, 0.2) is 18.2 Å². The van der Waals surface area contributed by atoms with Gasteiger partial charge in [-0.3, -0.25) is 4.79 Å². The molecule has 0 aliphatic carbocycles. The number of benzene rings is 1. The normalized spacial score (nSPS) is 19.6. The molecule has 1 aliphatic heterocycles. The van der Waals surface area contributed by atoms with E-state index >= 15 is 0 Å². The van der Waals surface area contributed by atoms with Gasteiger partial charge < -0.3 is 15.4 Å². The van der Waals surface area contributed by atoms with Crippen LogP contribution in [0.2, 0.25) is 5.02 Å². The minimum absolute atomic E-state index is 0.0155. The van der Waals surface area contributed by atoms with Crippen molar-refractivity contribution in [2.24, 2.45) is 0 Å². The molecular weight excluding hydrogens is 367 g/mol. The average molecular weight is 381 g/mol. The van der Waals surface area contributed by atoms with Crippen LogP contribution in [-0.4, -0.2) is 31.7 Å². The molecule has 98 valence electrons. The van der Waals surface area contributed by atoms with E-state index in [4.69, 9.17) is 16.3 Å². The van der Waals surface area contributed by atoms with E-state index < -0.39 is 0 Å². The molecule has 2 N–H and O–H groups in total. The van der Waals surface area contributed by atoms with Crippen LogP contribution in [0.5, 0.6) is 0 Å². The summed E-state index contributed by atoms with van der Waals surface area (Å²) in [7, 11) is 0. The molecule has 1 atom stereocenters. The van der Waals surface area contributed by atoms with Crippen molar-refractivity contribution in [3.63, 3.8) is 0 Å². The Morgan fingerprint density at radius 2 is 2.44 bits per heavy atom. The Hall–Kier alpha value is -0.370. The van der Waals surface area contributed by atoms with Crippen LogP contribution in [0.3, 0.4) is 0 Å². The third-order valence-electron chi connectivity index (χ3n) is 2.64. The maximum Gasteiger partial charge on any atom is 0.226 e. The number of halogens is 2. The van der Waals surface area contributed by atoms with Crippen LogP contribution in [0.4, 0.5) is 5.69 Å². The van der Waals surface area contributed by atoms with Crippen molar-refractivity contribution in [3.8, 4) is 0 Å². The predicted molar refractivity (Wildman–Crippen MR) is 80.0 cm³/mol. The number of carbonyl (C=O) groups excluding carboxylic acids is 1. The molecule has 0 saturated carbocycles. The highest BCUT2D eigenvalue weighted by molar-refractivity contribution is 14.1. The molecular formula is C12H14ClIN2O2. The number of hydrogen-bond acceptors (Lipinski definition) is 3. The number of carbonyl (C=O) groups is 1. The Bertz CT molecular complexity index is 436. The van der Waals surface area contributed by atoms with E-state index in [-0.39, 0.29) is 11.9 Å². The minimum atomic E-state index is -0.0155. The molecule has 1 amide bonds. The van der Waals surface area contributed by atoms with Crippen molar-refractivity contribution >= 4 is 45.8 Å². The predicted octanol–water partition coefficient (Wildman–Crippen LogP) is 2.26. The number of ether oxygens (including phenoxy) is 1. The summed E-state index contributed by atoms with van der Waals surface area (Å²) in [5, 5.41) is 6.80. The van der Waals surface area contributed by atoms with Gasteiger partial charge in [0, 0.05) is 27.6 Å². The third kappa shape index (κ3) is 4.08. The summed E-state index contributed by atoms with van der Waals surface area (Å²) in [5.41, 5.74) is 0.793. The summed E-state index contributed by atoms with van der Waals surface area (Å²) >= 11 is 8.02. The third-order valence-corrected chi connectivity index (χ3v) is 3.76. The average Bonchev–Trinajstić information content (AvgIpc) is 2.34. The Morgan fingerprint density at radius 1 is 1.61 bits per heavy atom. The van der Waals surface area contributed by atoms with Crippen LogP contribution in [0.25, 0.3) is 0 Å².